The molecule has 1 fully saturated rings. The van der Waals surface area contributed by atoms with Crippen LogP contribution in [0.3, 0.4) is 0 Å². The van der Waals surface area contributed by atoms with Gasteiger partial charge in [-0.05, 0) is 60.6 Å². The third kappa shape index (κ3) is 7.72. The Hall–Kier alpha value is -3.07. The molecule has 0 unspecified atom stereocenters. The van der Waals surface area contributed by atoms with Gasteiger partial charge in [-0.1, -0.05) is 57.9 Å². The van der Waals surface area contributed by atoms with E-state index in [9.17, 15) is 18.0 Å². The summed E-state index contributed by atoms with van der Waals surface area (Å²) in [5.41, 5.74) is 2.17. The average Bonchev–Trinajstić information content (AvgIpc) is 3.37. The number of amides is 2. The highest BCUT2D eigenvalue weighted by Gasteiger charge is 2.31. The molecule has 0 radical (unpaired) electrons. The molecule has 208 valence electrons. The normalized spacial score (nSPS) is 15.1. The van der Waals surface area contributed by atoms with E-state index in [1.165, 1.54) is 4.90 Å². The first-order valence-corrected chi connectivity index (χ1v) is 15.0. The monoisotopic (exact) mass is 543 g/mol. The highest BCUT2D eigenvalue weighted by atomic mass is 32.2. The SMILES string of the molecule is COc1ccc(CN(C(=O)CN(c2ccc(C(C)(C)C)cc2)S(C)(=O)=O)[C@H](C)C(=O)NC2CCCC2)cc1. The molecule has 8 nitrogen and oxygen atoms in total. The van der Waals surface area contributed by atoms with Gasteiger partial charge >= 0.3 is 0 Å². The number of sulfonamides is 1. The van der Waals surface area contributed by atoms with E-state index in [1.807, 2.05) is 24.3 Å². The van der Waals surface area contributed by atoms with Crippen LogP contribution in [0.2, 0.25) is 0 Å². The molecular formula is C29H41N3O5S. The van der Waals surface area contributed by atoms with Gasteiger partial charge in [0.2, 0.25) is 21.8 Å². The number of hydrogen-bond acceptors (Lipinski definition) is 5. The number of nitrogens with zero attached hydrogens (tertiary/aromatic N) is 2. The molecule has 2 aromatic carbocycles. The van der Waals surface area contributed by atoms with E-state index in [-0.39, 0.29) is 23.9 Å². The summed E-state index contributed by atoms with van der Waals surface area (Å²) in [5, 5.41) is 3.07. The second-order valence-electron chi connectivity index (χ2n) is 11.1. The highest BCUT2D eigenvalue weighted by Crippen LogP contribution is 2.26. The van der Waals surface area contributed by atoms with Crippen molar-refractivity contribution in [3.05, 3.63) is 59.7 Å². The number of carbonyl (C=O) groups excluding carboxylic acids is 2. The van der Waals surface area contributed by atoms with Crippen LogP contribution in [0.1, 0.15) is 64.5 Å². The van der Waals surface area contributed by atoms with E-state index in [0.717, 1.165) is 47.4 Å². The van der Waals surface area contributed by atoms with Crippen LogP contribution >= 0.6 is 0 Å². The van der Waals surface area contributed by atoms with Gasteiger partial charge in [0.15, 0.2) is 0 Å². The number of benzene rings is 2. The van der Waals surface area contributed by atoms with E-state index in [0.29, 0.717) is 11.4 Å². The van der Waals surface area contributed by atoms with Crippen molar-refractivity contribution in [2.24, 2.45) is 0 Å². The van der Waals surface area contributed by atoms with Crippen molar-refractivity contribution in [2.45, 2.75) is 77.4 Å². The lowest BCUT2D eigenvalue weighted by Gasteiger charge is -2.32. The molecule has 38 heavy (non-hydrogen) atoms. The minimum Gasteiger partial charge on any atom is -0.497 e. The molecule has 0 aromatic heterocycles. The van der Waals surface area contributed by atoms with Crippen LogP contribution < -0.4 is 14.4 Å². The Labute approximate surface area is 227 Å². The van der Waals surface area contributed by atoms with E-state index >= 15 is 0 Å². The average molecular weight is 544 g/mol. The summed E-state index contributed by atoms with van der Waals surface area (Å²) >= 11 is 0. The maximum absolute atomic E-state index is 13.7. The molecule has 0 heterocycles. The van der Waals surface area contributed by atoms with Crippen molar-refractivity contribution >= 4 is 27.5 Å². The van der Waals surface area contributed by atoms with Gasteiger partial charge in [-0.3, -0.25) is 13.9 Å². The molecule has 0 spiro atoms. The van der Waals surface area contributed by atoms with E-state index in [1.54, 1.807) is 38.3 Å². The molecule has 1 atom stereocenters. The predicted octanol–water partition coefficient (Wildman–Crippen LogP) is 4.23. The van der Waals surface area contributed by atoms with Gasteiger partial charge in [-0.2, -0.15) is 0 Å². The maximum atomic E-state index is 13.7. The van der Waals surface area contributed by atoms with Gasteiger partial charge in [0, 0.05) is 12.6 Å². The molecular weight excluding hydrogens is 502 g/mol. The van der Waals surface area contributed by atoms with E-state index in [4.69, 9.17) is 4.74 Å². The largest absolute Gasteiger partial charge is 0.497 e. The third-order valence-electron chi connectivity index (χ3n) is 7.08. The van der Waals surface area contributed by atoms with Crippen LogP contribution in [0.15, 0.2) is 48.5 Å². The number of methoxy groups -OCH3 is 1. The van der Waals surface area contributed by atoms with Crippen molar-refractivity contribution in [1.82, 2.24) is 10.2 Å². The van der Waals surface area contributed by atoms with Gasteiger partial charge < -0.3 is 15.0 Å². The minimum absolute atomic E-state index is 0.0957. The van der Waals surface area contributed by atoms with Crippen molar-refractivity contribution in [2.75, 3.05) is 24.2 Å². The van der Waals surface area contributed by atoms with E-state index < -0.39 is 28.5 Å². The predicted molar refractivity (Wildman–Crippen MR) is 151 cm³/mol. The highest BCUT2D eigenvalue weighted by molar-refractivity contribution is 7.92. The Kier molecular flexibility index (Phi) is 9.46. The molecule has 1 aliphatic carbocycles. The van der Waals surface area contributed by atoms with Gasteiger partial charge in [0.1, 0.15) is 18.3 Å². The van der Waals surface area contributed by atoms with Crippen LogP contribution in [0.4, 0.5) is 5.69 Å². The topological polar surface area (TPSA) is 96.0 Å². The van der Waals surface area contributed by atoms with Crippen LogP contribution in [0.25, 0.3) is 0 Å². The zero-order valence-electron chi connectivity index (χ0n) is 23.4. The van der Waals surface area contributed by atoms with Crippen LogP contribution in [-0.4, -0.2) is 57.1 Å². The Morgan fingerprint density at radius 1 is 1.03 bits per heavy atom. The standard InChI is InChI=1S/C29H41N3O5S/c1-21(28(34)30-24-9-7-8-10-24)31(19-22-11-17-26(37-5)18-12-22)27(33)20-32(38(6,35)36)25-15-13-23(14-16-25)29(2,3)4/h11-18,21,24H,7-10,19-20H2,1-6H3,(H,30,34)/t21-/m1/s1. The smallest absolute Gasteiger partial charge is 0.244 e. The molecule has 0 saturated heterocycles. The molecule has 1 aliphatic rings. The number of hydrogen-bond donors (Lipinski definition) is 1. The van der Waals surface area contributed by atoms with Crippen molar-refractivity contribution in [3.63, 3.8) is 0 Å². The second kappa shape index (κ2) is 12.2. The van der Waals surface area contributed by atoms with Crippen molar-refractivity contribution < 1.29 is 22.7 Å². The summed E-state index contributed by atoms with van der Waals surface area (Å²) in [6, 6.07) is 13.8. The fourth-order valence-corrected chi connectivity index (χ4v) is 5.49. The van der Waals surface area contributed by atoms with Gasteiger partial charge in [-0.25, -0.2) is 8.42 Å². The maximum Gasteiger partial charge on any atom is 0.244 e. The number of anilines is 1. The summed E-state index contributed by atoms with van der Waals surface area (Å²) in [6.07, 6.45) is 5.09. The zero-order chi connectivity index (χ0) is 28.1. The first-order chi connectivity index (χ1) is 17.8. The first kappa shape index (κ1) is 29.5. The van der Waals surface area contributed by atoms with Gasteiger partial charge in [0.05, 0.1) is 19.1 Å². The summed E-state index contributed by atoms with van der Waals surface area (Å²) in [5.74, 6) is -0.0139. The minimum atomic E-state index is -3.77. The molecule has 0 aliphatic heterocycles. The molecule has 0 bridgehead atoms. The summed E-state index contributed by atoms with van der Waals surface area (Å²) in [6.45, 7) is 7.67. The fraction of sp³-hybridized carbons (Fsp3) is 0.517. The quantitative estimate of drug-likeness (QED) is 0.484. The lowest BCUT2D eigenvalue weighted by molar-refractivity contribution is -0.139. The number of carbonyl (C=O) groups is 2. The lowest BCUT2D eigenvalue weighted by atomic mass is 9.87. The van der Waals surface area contributed by atoms with Crippen LogP contribution in [0, 0.1) is 0 Å². The molecule has 9 heteroatoms. The first-order valence-electron chi connectivity index (χ1n) is 13.1. The Morgan fingerprint density at radius 3 is 2.11 bits per heavy atom. The number of nitrogens with one attached hydrogen (secondary N) is 1. The summed E-state index contributed by atoms with van der Waals surface area (Å²) in [4.78, 5) is 28.3. The molecule has 1 saturated carbocycles. The Balaban J connectivity index is 1.88. The second-order valence-corrected chi connectivity index (χ2v) is 13.0. The van der Waals surface area contributed by atoms with Gasteiger partial charge in [-0.15, -0.1) is 0 Å². The lowest BCUT2D eigenvalue weighted by Crippen LogP contribution is -2.52. The summed E-state index contributed by atoms with van der Waals surface area (Å²) in [7, 11) is -2.20. The zero-order valence-corrected chi connectivity index (χ0v) is 24.2. The van der Waals surface area contributed by atoms with Crippen LogP contribution in [-0.2, 0) is 31.6 Å². The van der Waals surface area contributed by atoms with Crippen molar-refractivity contribution in [1.29, 1.82) is 0 Å². The number of rotatable bonds is 10. The fourth-order valence-electron chi connectivity index (χ4n) is 4.64. The molecule has 3 rings (SSSR count). The number of ether oxygens (including phenoxy) is 1. The Morgan fingerprint density at radius 2 is 1.61 bits per heavy atom. The van der Waals surface area contributed by atoms with E-state index in [2.05, 4.69) is 26.1 Å². The molecule has 2 aromatic rings. The van der Waals surface area contributed by atoms with Crippen molar-refractivity contribution in [3.8, 4) is 5.75 Å². The third-order valence-corrected chi connectivity index (χ3v) is 8.22. The van der Waals surface area contributed by atoms with Crippen LogP contribution in [0.5, 0.6) is 5.75 Å². The molecule has 1 N–H and O–H groups in total. The summed E-state index contributed by atoms with van der Waals surface area (Å²) < 4.78 is 31.9. The Bertz CT molecular complexity index is 1200. The molecule has 2 amide bonds. The van der Waals surface area contributed by atoms with Gasteiger partial charge in [0.25, 0.3) is 0 Å².